The molecule has 7 nitrogen and oxygen atoms in total. The van der Waals surface area contributed by atoms with Crippen LogP contribution in [-0.2, 0) is 9.53 Å². The minimum atomic E-state index is -0.631. The normalized spacial score (nSPS) is 14.2. The molecule has 0 fully saturated rings. The lowest BCUT2D eigenvalue weighted by Gasteiger charge is -2.06. The van der Waals surface area contributed by atoms with Crippen LogP contribution in [0.1, 0.15) is 30.3 Å². The molecule has 1 unspecified atom stereocenters. The first-order valence-electron chi connectivity index (χ1n) is 6.81. The van der Waals surface area contributed by atoms with Gasteiger partial charge < -0.3 is 18.7 Å². The summed E-state index contributed by atoms with van der Waals surface area (Å²) in [6.07, 6.45) is 2.23. The molecule has 0 amide bonds. The van der Waals surface area contributed by atoms with Gasteiger partial charge >= 0.3 is 5.97 Å². The second-order valence-corrected chi connectivity index (χ2v) is 5.24. The smallest absolute Gasteiger partial charge is 0.331 e. The van der Waals surface area contributed by atoms with E-state index in [0.29, 0.717) is 27.9 Å². The van der Waals surface area contributed by atoms with Gasteiger partial charge in [-0.05, 0) is 37.6 Å². The number of ether oxygens (including phenoxy) is 3. The van der Waals surface area contributed by atoms with Crippen molar-refractivity contribution in [3.05, 3.63) is 40.5 Å². The molecular weight excluding hydrogens is 324 g/mol. The summed E-state index contributed by atoms with van der Waals surface area (Å²) >= 11 is 6.07. The van der Waals surface area contributed by atoms with Gasteiger partial charge in [0.25, 0.3) is 5.89 Å². The lowest BCUT2D eigenvalue weighted by atomic mass is 10.2. The molecule has 23 heavy (non-hydrogen) atoms. The van der Waals surface area contributed by atoms with Gasteiger partial charge in [-0.2, -0.15) is 4.98 Å². The Hall–Kier alpha value is -2.54. The van der Waals surface area contributed by atoms with Crippen LogP contribution < -0.4 is 9.47 Å². The molecule has 0 saturated heterocycles. The molecule has 0 bridgehead atoms. The van der Waals surface area contributed by atoms with Crippen molar-refractivity contribution < 1.29 is 23.5 Å². The van der Waals surface area contributed by atoms with Gasteiger partial charge in [0.05, 0.1) is 5.02 Å². The topological polar surface area (TPSA) is 83.7 Å². The van der Waals surface area contributed by atoms with Crippen molar-refractivity contribution in [3.8, 4) is 11.5 Å². The van der Waals surface area contributed by atoms with Gasteiger partial charge in [0, 0.05) is 6.08 Å². The molecule has 2 aromatic rings. The number of carbonyl (C=O) groups excluding carboxylic acids is 1. The summed E-state index contributed by atoms with van der Waals surface area (Å²) in [7, 11) is 0. The molecule has 0 saturated carbocycles. The minimum Gasteiger partial charge on any atom is -0.454 e. The average molecular weight is 337 g/mol. The van der Waals surface area contributed by atoms with Crippen molar-refractivity contribution in [2.24, 2.45) is 0 Å². The third-order valence-electron chi connectivity index (χ3n) is 3.05. The molecule has 0 radical (unpaired) electrons. The summed E-state index contributed by atoms with van der Waals surface area (Å²) in [6, 6.07) is 3.40. The number of aryl methyl sites for hydroxylation is 1. The van der Waals surface area contributed by atoms with Crippen LogP contribution in [0.4, 0.5) is 0 Å². The summed E-state index contributed by atoms with van der Waals surface area (Å²) in [6.45, 7) is 3.46. The highest BCUT2D eigenvalue weighted by Gasteiger charge is 2.18. The lowest BCUT2D eigenvalue weighted by molar-refractivity contribution is -0.143. The second kappa shape index (κ2) is 6.29. The molecule has 120 valence electrons. The highest BCUT2D eigenvalue weighted by molar-refractivity contribution is 6.32. The number of aromatic nitrogens is 2. The standard InChI is InChI=1S/C15H13ClN2O5/c1-8(15-17-9(2)18-23-15)22-13(19)4-3-10-5-11(16)14-12(6-10)20-7-21-14/h3-6,8H,7H2,1-2H3/b4-3+. The van der Waals surface area contributed by atoms with Gasteiger partial charge in [-0.1, -0.05) is 16.8 Å². The van der Waals surface area contributed by atoms with Gasteiger partial charge in [0.1, 0.15) is 0 Å². The van der Waals surface area contributed by atoms with Crippen molar-refractivity contribution >= 4 is 23.6 Å². The van der Waals surface area contributed by atoms with E-state index in [4.69, 9.17) is 30.3 Å². The summed E-state index contributed by atoms with van der Waals surface area (Å²) < 4.78 is 20.6. The first-order valence-corrected chi connectivity index (χ1v) is 7.19. The first kappa shape index (κ1) is 15.4. The van der Waals surface area contributed by atoms with Gasteiger partial charge in [-0.3, -0.25) is 0 Å². The van der Waals surface area contributed by atoms with Crippen LogP contribution in [0, 0.1) is 6.92 Å². The molecule has 2 heterocycles. The zero-order valence-corrected chi connectivity index (χ0v) is 13.2. The van der Waals surface area contributed by atoms with Crippen LogP contribution in [0.5, 0.6) is 11.5 Å². The van der Waals surface area contributed by atoms with Crippen molar-refractivity contribution in [1.29, 1.82) is 0 Å². The fourth-order valence-corrected chi connectivity index (χ4v) is 2.26. The molecule has 3 rings (SSSR count). The fraction of sp³-hybridized carbons (Fsp3) is 0.267. The molecule has 1 aromatic heterocycles. The number of fused-ring (bicyclic) bond motifs is 1. The Morgan fingerprint density at radius 1 is 1.43 bits per heavy atom. The number of halogens is 1. The number of rotatable bonds is 4. The number of benzene rings is 1. The maximum absolute atomic E-state index is 11.8. The van der Waals surface area contributed by atoms with Crippen LogP contribution >= 0.6 is 11.6 Å². The third kappa shape index (κ3) is 3.45. The Bertz CT molecular complexity index is 771. The second-order valence-electron chi connectivity index (χ2n) is 4.83. The van der Waals surface area contributed by atoms with E-state index in [1.807, 2.05) is 0 Å². The Labute approximate surface area is 136 Å². The molecular formula is C15H13ClN2O5. The quantitative estimate of drug-likeness (QED) is 0.626. The highest BCUT2D eigenvalue weighted by atomic mass is 35.5. The molecule has 1 aromatic carbocycles. The van der Waals surface area contributed by atoms with Crippen molar-refractivity contribution in [2.45, 2.75) is 20.0 Å². The average Bonchev–Trinajstić information content (AvgIpc) is 3.14. The van der Waals surface area contributed by atoms with E-state index in [0.717, 1.165) is 0 Å². The molecule has 8 heteroatoms. The number of esters is 1. The van der Waals surface area contributed by atoms with Crippen molar-refractivity contribution in [2.75, 3.05) is 6.79 Å². The number of hydrogen-bond donors (Lipinski definition) is 0. The zero-order chi connectivity index (χ0) is 16.4. The summed E-state index contributed by atoms with van der Waals surface area (Å²) in [5.74, 6) is 1.23. The maximum atomic E-state index is 11.8. The van der Waals surface area contributed by atoms with E-state index < -0.39 is 12.1 Å². The number of hydrogen-bond acceptors (Lipinski definition) is 7. The van der Waals surface area contributed by atoms with Gasteiger partial charge in [-0.15, -0.1) is 0 Å². The van der Waals surface area contributed by atoms with Crippen LogP contribution in [-0.4, -0.2) is 22.9 Å². The van der Waals surface area contributed by atoms with E-state index in [9.17, 15) is 4.79 Å². The third-order valence-corrected chi connectivity index (χ3v) is 3.33. The summed E-state index contributed by atoms with van der Waals surface area (Å²) in [5.41, 5.74) is 0.692. The molecule has 0 aliphatic carbocycles. The van der Waals surface area contributed by atoms with Crippen LogP contribution in [0.15, 0.2) is 22.7 Å². The summed E-state index contributed by atoms with van der Waals surface area (Å²) in [4.78, 5) is 15.8. The van der Waals surface area contributed by atoms with Gasteiger partial charge in [0.15, 0.2) is 23.4 Å². The molecule has 1 atom stereocenters. The van der Waals surface area contributed by atoms with E-state index in [1.54, 1.807) is 32.1 Å². The number of carbonyl (C=O) groups is 1. The van der Waals surface area contributed by atoms with Gasteiger partial charge in [-0.25, -0.2) is 4.79 Å². The Kier molecular flexibility index (Phi) is 4.20. The lowest BCUT2D eigenvalue weighted by Crippen LogP contribution is -2.06. The monoisotopic (exact) mass is 336 g/mol. The van der Waals surface area contributed by atoms with Crippen LogP contribution in [0.3, 0.4) is 0 Å². The minimum absolute atomic E-state index is 0.130. The van der Waals surface area contributed by atoms with E-state index in [2.05, 4.69) is 10.1 Å². The zero-order valence-electron chi connectivity index (χ0n) is 12.4. The largest absolute Gasteiger partial charge is 0.454 e. The highest BCUT2D eigenvalue weighted by Crippen LogP contribution is 2.40. The molecule has 0 N–H and O–H groups in total. The fourth-order valence-electron chi connectivity index (χ4n) is 1.99. The summed E-state index contributed by atoms with van der Waals surface area (Å²) in [5, 5.41) is 4.06. The van der Waals surface area contributed by atoms with Crippen LogP contribution in [0.25, 0.3) is 6.08 Å². The Morgan fingerprint density at radius 2 is 2.26 bits per heavy atom. The van der Waals surface area contributed by atoms with E-state index in [1.165, 1.54) is 6.08 Å². The first-order chi connectivity index (χ1) is 11.0. The molecule has 0 spiro atoms. The van der Waals surface area contributed by atoms with E-state index in [-0.39, 0.29) is 12.7 Å². The van der Waals surface area contributed by atoms with Crippen molar-refractivity contribution in [1.82, 2.24) is 10.1 Å². The molecule has 1 aliphatic rings. The molecule has 1 aliphatic heterocycles. The predicted molar refractivity (Wildman–Crippen MR) is 80.2 cm³/mol. The SMILES string of the molecule is Cc1noc(C(C)OC(=O)/C=C/c2cc(Cl)c3c(c2)OCO3)n1. The Balaban J connectivity index is 1.66. The predicted octanol–water partition coefficient (Wildman–Crippen LogP) is 3.08. The van der Waals surface area contributed by atoms with Crippen molar-refractivity contribution in [3.63, 3.8) is 0 Å². The van der Waals surface area contributed by atoms with Gasteiger partial charge in [0.2, 0.25) is 6.79 Å². The van der Waals surface area contributed by atoms with E-state index >= 15 is 0 Å². The number of nitrogens with zero attached hydrogens (tertiary/aromatic N) is 2. The Morgan fingerprint density at radius 3 is 3.00 bits per heavy atom. The van der Waals surface area contributed by atoms with Crippen LogP contribution in [0.2, 0.25) is 5.02 Å². The maximum Gasteiger partial charge on any atom is 0.331 e.